The van der Waals surface area contributed by atoms with E-state index < -0.39 is 9.05 Å². The number of pyridine rings is 1. The fourth-order valence-corrected chi connectivity index (χ4v) is 3.52. The highest BCUT2D eigenvalue weighted by atomic mass is 79.9. The van der Waals surface area contributed by atoms with Crippen molar-refractivity contribution in [3.63, 3.8) is 0 Å². The largest absolute Gasteiger partial charge is 0.278 e. The molecule has 0 amide bonds. The fourth-order valence-electron chi connectivity index (χ4n) is 1.89. The van der Waals surface area contributed by atoms with Gasteiger partial charge in [-0.1, -0.05) is 0 Å². The van der Waals surface area contributed by atoms with Gasteiger partial charge < -0.3 is 0 Å². The number of nitrogens with zero attached hydrogens (tertiary/aromatic N) is 1. The average Bonchev–Trinajstić information content (AvgIpc) is 2.17. The first-order valence-electron chi connectivity index (χ1n) is 4.61. The molecule has 0 unspecified atom stereocenters. The molecular weight excluding hydrogens is 302 g/mol. The van der Waals surface area contributed by atoms with Crippen LogP contribution in [0.4, 0.5) is 0 Å². The second-order valence-corrected chi connectivity index (χ2v) is 6.85. The molecule has 2 rings (SSSR count). The molecule has 0 N–H and O–H groups in total. The number of fused-ring (bicyclic) bond motifs is 1. The van der Waals surface area contributed by atoms with E-state index >= 15 is 0 Å². The van der Waals surface area contributed by atoms with Gasteiger partial charge in [-0.05, 0) is 52.7 Å². The second-order valence-electron chi connectivity index (χ2n) is 3.51. The minimum absolute atomic E-state index is 0.0297. The smallest absolute Gasteiger partial charge is 0.242 e. The van der Waals surface area contributed by atoms with Crippen LogP contribution in [0, 0.1) is 0 Å². The van der Waals surface area contributed by atoms with Crippen LogP contribution >= 0.6 is 26.6 Å². The summed E-state index contributed by atoms with van der Waals surface area (Å²) >= 11 is 3.38. The van der Waals surface area contributed by atoms with Crippen molar-refractivity contribution in [2.24, 2.45) is 0 Å². The summed E-state index contributed by atoms with van der Waals surface area (Å²) in [5, 5.41) is 0.0297. The molecule has 1 aromatic rings. The molecule has 1 aromatic heterocycles. The van der Waals surface area contributed by atoms with E-state index in [0.29, 0.717) is 0 Å². The van der Waals surface area contributed by atoms with Crippen molar-refractivity contribution in [2.75, 3.05) is 0 Å². The van der Waals surface area contributed by atoms with Crippen LogP contribution in [0.1, 0.15) is 24.0 Å². The van der Waals surface area contributed by atoms with Crippen molar-refractivity contribution in [2.45, 2.75) is 30.7 Å². The van der Waals surface area contributed by atoms with Gasteiger partial charge in [0.1, 0.15) is 0 Å². The predicted octanol–water partition coefficient (Wildman–Crippen LogP) is 2.65. The lowest BCUT2D eigenvalue weighted by Crippen LogP contribution is -2.10. The van der Waals surface area contributed by atoms with Crippen LogP contribution in [-0.4, -0.2) is 13.4 Å². The average molecular weight is 311 g/mol. The quantitative estimate of drug-likeness (QED) is 0.749. The van der Waals surface area contributed by atoms with E-state index in [4.69, 9.17) is 10.7 Å². The Labute approximate surface area is 101 Å². The zero-order valence-electron chi connectivity index (χ0n) is 7.83. The molecule has 3 nitrogen and oxygen atoms in total. The Kier molecular flexibility index (Phi) is 3.05. The first kappa shape index (κ1) is 11.4. The van der Waals surface area contributed by atoms with E-state index in [0.717, 1.165) is 41.3 Å². The van der Waals surface area contributed by atoms with Crippen LogP contribution in [-0.2, 0) is 21.9 Å². The third-order valence-corrected chi connectivity index (χ3v) is 4.48. The highest BCUT2D eigenvalue weighted by molar-refractivity contribution is 9.10. The molecule has 0 atom stereocenters. The van der Waals surface area contributed by atoms with Crippen molar-refractivity contribution in [1.82, 2.24) is 4.98 Å². The predicted molar refractivity (Wildman–Crippen MR) is 61.6 cm³/mol. The lowest BCUT2D eigenvalue weighted by atomic mass is 9.94. The molecule has 0 aromatic carbocycles. The van der Waals surface area contributed by atoms with Gasteiger partial charge in [0.25, 0.3) is 9.05 Å². The van der Waals surface area contributed by atoms with Gasteiger partial charge in [-0.2, -0.15) is 0 Å². The van der Waals surface area contributed by atoms with E-state index in [9.17, 15) is 8.42 Å². The van der Waals surface area contributed by atoms with Crippen LogP contribution in [0.2, 0.25) is 0 Å². The molecule has 0 spiro atoms. The minimum atomic E-state index is -3.72. The first-order valence-corrected chi connectivity index (χ1v) is 7.71. The van der Waals surface area contributed by atoms with E-state index in [1.54, 1.807) is 0 Å². The molecule has 1 heterocycles. The molecule has 15 heavy (non-hydrogen) atoms. The van der Waals surface area contributed by atoms with Gasteiger partial charge >= 0.3 is 0 Å². The number of hydrogen-bond acceptors (Lipinski definition) is 3. The van der Waals surface area contributed by atoms with E-state index in [1.807, 2.05) is 0 Å². The summed E-state index contributed by atoms with van der Waals surface area (Å²) in [6.45, 7) is 0. The van der Waals surface area contributed by atoms with Gasteiger partial charge in [0.2, 0.25) is 0 Å². The zero-order valence-corrected chi connectivity index (χ0v) is 11.0. The number of rotatable bonds is 1. The Morgan fingerprint density at radius 3 is 2.47 bits per heavy atom. The third-order valence-electron chi connectivity index (χ3n) is 2.54. The molecule has 82 valence electrons. The molecule has 0 bridgehead atoms. The van der Waals surface area contributed by atoms with Gasteiger partial charge in [-0.15, -0.1) is 0 Å². The maximum Gasteiger partial charge on any atom is 0.278 e. The van der Waals surface area contributed by atoms with E-state index in [2.05, 4.69) is 20.9 Å². The summed E-state index contributed by atoms with van der Waals surface area (Å²) in [6.07, 6.45) is 5.21. The molecule has 0 radical (unpaired) electrons. The molecule has 0 aliphatic heterocycles. The summed E-state index contributed by atoms with van der Waals surface area (Å²) in [7, 11) is 1.62. The molecule has 1 aliphatic carbocycles. The molecule has 6 heteroatoms. The van der Waals surface area contributed by atoms with Gasteiger partial charge in [0.15, 0.2) is 5.03 Å². The third kappa shape index (κ3) is 2.19. The number of hydrogen-bond donors (Lipinski definition) is 0. The van der Waals surface area contributed by atoms with Crippen LogP contribution in [0.15, 0.2) is 15.7 Å². The highest BCUT2D eigenvalue weighted by Crippen LogP contribution is 2.32. The zero-order chi connectivity index (χ0) is 11.1. The standard InChI is InChI=1S/C9H9BrClNO2S/c10-8-5-12-9(15(11,13)14)7-4-2-1-3-6(7)8/h5H,1-4H2. The Bertz CT molecular complexity index is 501. The van der Waals surface area contributed by atoms with Crippen LogP contribution in [0.3, 0.4) is 0 Å². The van der Waals surface area contributed by atoms with E-state index in [1.165, 1.54) is 6.20 Å². The maximum absolute atomic E-state index is 11.3. The first-order chi connectivity index (χ1) is 7.00. The van der Waals surface area contributed by atoms with Gasteiger partial charge in [0, 0.05) is 21.4 Å². The Hall–Kier alpha value is -0.130. The lowest BCUT2D eigenvalue weighted by molar-refractivity contribution is 0.598. The molecule has 0 fully saturated rings. The van der Waals surface area contributed by atoms with Crippen LogP contribution in [0.5, 0.6) is 0 Å². The van der Waals surface area contributed by atoms with Crippen LogP contribution < -0.4 is 0 Å². The maximum atomic E-state index is 11.3. The van der Waals surface area contributed by atoms with Crippen molar-refractivity contribution >= 4 is 35.7 Å². The Morgan fingerprint density at radius 2 is 1.87 bits per heavy atom. The molecule has 1 aliphatic rings. The lowest BCUT2D eigenvalue weighted by Gasteiger charge is -2.18. The summed E-state index contributed by atoms with van der Waals surface area (Å²) in [6, 6.07) is 0. The SMILES string of the molecule is O=S(=O)(Cl)c1ncc(Br)c2c1CCCC2. The van der Waals surface area contributed by atoms with Gasteiger partial charge in [0.05, 0.1) is 0 Å². The molecular formula is C9H9BrClNO2S. The van der Waals surface area contributed by atoms with Crippen LogP contribution in [0.25, 0.3) is 0 Å². The fraction of sp³-hybridized carbons (Fsp3) is 0.444. The highest BCUT2D eigenvalue weighted by Gasteiger charge is 2.23. The minimum Gasteiger partial charge on any atom is -0.242 e. The summed E-state index contributed by atoms with van der Waals surface area (Å²) in [5.74, 6) is 0. The van der Waals surface area contributed by atoms with Crippen molar-refractivity contribution in [1.29, 1.82) is 0 Å². The monoisotopic (exact) mass is 309 g/mol. The topological polar surface area (TPSA) is 47.0 Å². The van der Waals surface area contributed by atoms with Crippen molar-refractivity contribution in [3.05, 3.63) is 21.8 Å². The van der Waals surface area contributed by atoms with E-state index in [-0.39, 0.29) is 5.03 Å². The summed E-state index contributed by atoms with van der Waals surface area (Å²) in [4.78, 5) is 3.90. The molecule has 0 saturated carbocycles. The second kappa shape index (κ2) is 4.03. The number of aromatic nitrogens is 1. The summed E-state index contributed by atoms with van der Waals surface area (Å²) in [5.41, 5.74) is 1.82. The summed E-state index contributed by atoms with van der Waals surface area (Å²) < 4.78 is 23.5. The molecule has 0 saturated heterocycles. The Balaban J connectivity index is 2.69. The van der Waals surface area contributed by atoms with Crippen molar-refractivity contribution in [3.8, 4) is 0 Å². The van der Waals surface area contributed by atoms with Gasteiger partial charge in [-0.25, -0.2) is 13.4 Å². The normalized spacial score (nSPS) is 16.1. The number of halogens is 2. The van der Waals surface area contributed by atoms with Gasteiger partial charge in [-0.3, -0.25) is 0 Å². The van der Waals surface area contributed by atoms with Crippen molar-refractivity contribution < 1.29 is 8.42 Å². The Morgan fingerprint density at radius 1 is 1.27 bits per heavy atom.